The predicted octanol–water partition coefficient (Wildman–Crippen LogP) is 3.18. The summed E-state index contributed by atoms with van der Waals surface area (Å²) in [6.07, 6.45) is 0.0744. The van der Waals surface area contributed by atoms with E-state index in [4.69, 9.17) is 9.47 Å². The zero-order valence-electron chi connectivity index (χ0n) is 20.2. The number of benzene rings is 1. The average molecular weight is 502 g/mol. The molecule has 9 nitrogen and oxygen atoms in total. The van der Waals surface area contributed by atoms with E-state index in [1.807, 2.05) is 42.2 Å². The Hall–Kier alpha value is -3.08. The third-order valence-electron chi connectivity index (χ3n) is 5.29. The van der Waals surface area contributed by atoms with Crippen molar-refractivity contribution in [2.24, 2.45) is 0 Å². The Morgan fingerprint density at radius 3 is 2.60 bits per heavy atom. The molecule has 0 aliphatic rings. The van der Waals surface area contributed by atoms with Crippen LogP contribution in [0.5, 0.6) is 0 Å². The van der Waals surface area contributed by atoms with Crippen molar-refractivity contribution in [1.29, 1.82) is 0 Å². The van der Waals surface area contributed by atoms with Crippen molar-refractivity contribution in [1.82, 2.24) is 14.9 Å². The quantitative estimate of drug-likeness (QED) is 0.363. The fourth-order valence-electron chi connectivity index (χ4n) is 3.71. The topological polar surface area (TPSA) is 122 Å². The lowest BCUT2D eigenvalue weighted by Gasteiger charge is -2.24. The Labute approximate surface area is 207 Å². The van der Waals surface area contributed by atoms with Crippen LogP contribution in [0, 0.1) is 6.92 Å². The molecule has 0 bridgehead atoms. The number of esters is 2. The first-order valence-corrected chi connectivity index (χ1v) is 12.4. The molecule has 188 valence electrons. The molecule has 1 aromatic carbocycles. The van der Waals surface area contributed by atoms with Gasteiger partial charge in [-0.15, -0.1) is 11.3 Å². The van der Waals surface area contributed by atoms with Gasteiger partial charge < -0.3 is 19.6 Å². The number of hydrogen-bond donors (Lipinski definition) is 2. The van der Waals surface area contributed by atoms with Crippen LogP contribution in [0.25, 0.3) is 10.2 Å². The first-order valence-electron chi connectivity index (χ1n) is 11.6. The highest BCUT2D eigenvalue weighted by Crippen LogP contribution is 2.27. The number of H-pyrrole nitrogens is 1. The van der Waals surface area contributed by atoms with Gasteiger partial charge in [0, 0.05) is 19.5 Å². The molecular weight excluding hydrogens is 470 g/mol. The maximum absolute atomic E-state index is 12.8. The van der Waals surface area contributed by atoms with Gasteiger partial charge in [0.1, 0.15) is 28.2 Å². The molecular formula is C25H31N3O6S. The maximum atomic E-state index is 12.8. The number of aryl methyl sites for hydroxylation is 1. The van der Waals surface area contributed by atoms with Crippen LogP contribution in [0.1, 0.15) is 53.3 Å². The van der Waals surface area contributed by atoms with Crippen LogP contribution < -0.4 is 5.56 Å². The first kappa shape index (κ1) is 26.5. The van der Waals surface area contributed by atoms with E-state index in [0.29, 0.717) is 45.9 Å². The molecule has 10 heteroatoms. The van der Waals surface area contributed by atoms with Gasteiger partial charge >= 0.3 is 11.9 Å². The number of thiophene rings is 1. The van der Waals surface area contributed by atoms with E-state index in [0.717, 1.165) is 16.9 Å². The largest absolute Gasteiger partial charge is 0.463 e. The third-order valence-corrected chi connectivity index (χ3v) is 6.46. The van der Waals surface area contributed by atoms with Gasteiger partial charge in [0.15, 0.2) is 0 Å². The van der Waals surface area contributed by atoms with Crippen molar-refractivity contribution >= 4 is 33.5 Å². The van der Waals surface area contributed by atoms with E-state index in [9.17, 15) is 19.5 Å². The highest BCUT2D eigenvalue weighted by Gasteiger charge is 2.21. The molecule has 1 unspecified atom stereocenters. The molecule has 1 atom stereocenters. The number of ether oxygens (including phenoxy) is 2. The minimum Gasteiger partial charge on any atom is -0.463 e. The van der Waals surface area contributed by atoms with Crippen LogP contribution in [-0.4, -0.2) is 57.8 Å². The molecule has 0 aliphatic heterocycles. The molecule has 0 saturated heterocycles. The van der Waals surface area contributed by atoms with Gasteiger partial charge in [0.05, 0.1) is 18.5 Å². The fourth-order valence-corrected chi connectivity index (χ4v) is 4.80. The standard InChI is InChI=1S/C25H31N3O6S/c1-4-9-20(30)34-15-18(29)13-28(12-17-10-7-6-8-11-17)14-19-26-23(31)21-16(3)22(25(32)33-5-2)35-24(21)27-19/h6-8,10-11,18,29H,4-5,9,12-15H2,1-3H3,(H,26,27,31). The molecule has 2 aromatic heterocycles. The number of aliphatic hydroxyl groups is 1. The smallest absolute Gasteiger partial charge is 0.348 e. The normalized spacial score (nSPS) is 12.1. The molecule has 0 saturated carbocycles. The van der Waals surface area contributed by atoms with E-state index >= 15 is 0 Å². The molecule has 2 heterocycles. The van der Waals surface area contributed by atoms with Gasteiger partial charge in [-0.05, 0) is 31.4 Å². The number of carbonyl (C=O) groups is 2. The van der Waals surface area contributed by atoms with Crippen molar-refractivity contribution in [2.45, 2.75) is 52.8 Å². The van der Waals surface area contributed by atoms with Gasteiger partial charge in [-0.3, -0.25) is 14.5 Å². The zero-order valence-corrected chi connectivity index (χ0v) is 21.0. The number of aromatic nitrogens is 2. The van der Waals surface area contributed by atoms with Crippen molar-refractivity contribution in [3.63, 3.8) is 0 Å². The van der Waals surface area contributed by atoms with Crippen LogP contribution in [0.15, 0.2) is 35.1 Å². The number of rotatable bonds is 12. The molecule has 3 aromatic rings. The average Bonchev–Trinajstić information content (AvgIpc) is 3.15. The molecule has 3 rings (SSSR count). The Kier molecular flexibility index (Phi) is 9.53. The zero-order chi connectivity index (χ0) is 25.4. The predicted molar refractivity (Wildman–Crippen MR) is 133 cm³/mol. The Morgan fingerprint density at radius 1 is 1.17 bits per heavy atom. The minimum absolute atomic E-state index is 0.111. The molecule has 2 N–H and O–H groups in total. The lowest BCUT2D eigenvalue weighted by Crippen LogP contribution is -2.35. The number of fused-ring (bicyclic) bond motifs is 1. The number of aromatic amines is 1. The Bertz CT molecular complexity index is 1210. The molecule has 0 spiro atoms. The number of nitrogens with one attached hydrogen (secondary N) is 1. The van der Waals surface area contributed by atoms with E-state index < -0.39 is 12.1 Å². The summed E-state index contributed by atoms with van der Waals surface area (Å²) in [5, 5.41) is 10.9. The summed E-state index contributed by atoms with van der Waals surface area (Å²) in [6, 6.07) is 9.70. The molecule has 35 heavy (non-hydrogen) atoms. The lowest BCUT2D eigenvalue weighted by molar-refractivity contribution is -0.147. The summed E-state index contributed by atoms with van der Waals surface area (Å²) in [7, 11) is 0. The van der Waals surface area contributed by atoms with Crippen LogP contribution in [-0.2, 0) is 27.4 Å². The summed E-state index contributed by atoms with van der Waals surface area (Å²) in [5.41, 5.74) is 1.24. The summed E-state index contributed by atoms with van der Waals surface area (Å²) in [5.74, 6) is -0.409. The van der Waals surface area contributed by atoms with E-state index in [1.54, 1.807) is 13.8 Å². The van der Waals surface area contributed by atoms with Gasteiger partial charge in [-0.25, -0.2) is 9.78 Å². The monoisotopic (exact) mass is 501 g/mol. The Balaban J connectivity index is 1.82. The van der Waals surface area contributed by atoms with Gasteiger partial charge in [-0.1, -0.05) is 37.3 Å². The van der Waals surface area contributed by atoms with E-state index in [-0.39, 0.29) is 37.8 Å². The minimum atomic E-state index is -0.908. The van der Waals surface area contributed by atoms with Gasteiger partial charge in [0.2, 0.25) is 0 Å². The van der Waals surface area contributed by atoms with Crippen molar-refractivity contribution < 1.29 is 24.2 Å². The number of carbonyl (C=O) groups excluding carboxylic acids is 2. The number of nitrogens with zero attached hydrogens (tertiary/aromatic N) is 2. The number of aliphatic hydroxyl groups excluding tert-OH is 1. The summed E-state index contributed by atoms with van der Waals surface area (Å²) in [4.78, 5) is 46.9. The molecule has 0 amide bonds. The molecule has 0 fully saturated rings. The molecule has 0 radical (unpaired) electrons. The van der Waals surface area contributed by atoms with E-state index in [2.05, 4.69) is 9.97 Å². The highest BCUT2D eigenvalue weighted by molar-refractivity contribution is 7.20. The number of hydrogen-bond acceptors (Lipinski definition) is 9. The summed E-state index contributed by atoms with van der Waals surface area (Å²) in [6.45, 7) is 6.38. The van der Waals surface area contributed by atoms with Crippen LogP contribution in [0.2, 0.25) is 0 Å². The van der Waals surface area contributed by atoms with Crippen molar-refractivity contribution in [3.05, 3.63) is 62.5 Å². The second-order valence-electron chi connectivity index (χ2n) is 8.21. The lowest BCUT2D eigenvalue weighted by atomic mass is 10.2. The first-order chi connectivity index (χ1) is 16.8. The maximum Gasteiger partial charge on any atom is 0.348 e. The van der Waals surface area contributed by atoms with Crippen molar-refractivity contribution in [2.75, 3.05) is 19.8 Å². The van der Waals surface area contributed by atoms with Crippen LogP contribution >= 0.6 is 11.3 Å². The summed E-state index contributed by atoms with van der Waals surface area (Å²) < 4.78 is 10.2. The second kappa shape index (κ2) is 12.6. The van der Waals surface area contributed by atoms with Crippen molar-refractivity contribution in [3.8, 4) is 0 Å². The fraction of sp³-hybridized carbons (Fsp3) is 0.440. The van der Waals surface area contributed by atoms with Crippen LogP contribution in [0.4, 0.5) is 0 Å². The second-order valence-corrected chi connectivity index (χ2v) is 9.21. The van der Waals surface area contributed by atoms with Gasteiger partial charge in [0.25, 0.3) is 5.56 Å². The Morgan fingerprint density at radius 2 is 1.91 bits per heavy atom. The molecule has 0 aliphatic carbocycles. The highest BCUT2D eigenvalue weighted by atomic mass is 32.1. The third kappa shape index (κ3) is 7.20. The SMILES string of the molecule is CCCC(=O)OCC(O)CN(Cc1ccccc1)Cc1nc2sc(C(=O)OCC)c(C)c2c(=O)[nH]1. The van der Waals surface area contributed by atoms with E-state index in [1.165, 1.54) is 0 Å². The van der Waals surface area contributed by atoms with Gasteiger partial charge in [-0.2, -0.15) is 0 Å². The van der Waals surface area contributed by atoms with Crippen LogP contribution in [0.3, 0.4) is 0 Å². The summed E-state index contributed by atoms with van der Waals surface area (Å²) >= 11 is 1.13.